The Morgan fingerprint density at radius 3 is 2.55 bits per heavy atom. The standard InChI is InChI=1S/C22H15N3O4/c26-21-18-6-1-2-7-19(18)23-20(9-8-15-10-12-24(29)13-11-15)25(21)17-5-3-4-16(14-17)22(27)28/h1-14H,(H,27,28)/b9-8+. The quantitative estimate of drug-likeness (QED) is 0.430. The molecule has 7 heteroatoms. The van der Waals surface area contributed by atoms with Crippen molar-refractivity contribution in [1.29, 1.82) is 0 Å². The Hall–Kier alpha value is -4.26. The highest BCUT2D eigenvalue weighted by atomic mass is 16.5. The molecule has 0 spiro atoms. The molecule has 0 aliphatic rings. The van der Waals surface area contributed by atoms with Crippen molar-refractivity contribution in [2.24, 2.45) is 0 Å². The van der Waals surface area contributed by atoms with Crippen LogP contribution in [-0.4, -0.2) is 20.6 Å². The van der Waals surface area contributed by atoms with E-state index < -0.39 is 5.97 Å². The van der Waals surface area contributed by atoms with Crippen LogP contribution < -0.4 is 10.3 Å². The van der Waals surface area contributed by atoms with Crippen LogP contribution in [0.1, 0.15) is 21.7 Å². The average Bonchev–Trinajstić information content (AvgIpc) is 2.73. The van der Waals surface area contributed by atoms with Gasteiger partial charge in [0.1, 0.15) is 5.82 Å². The normalized spacial score (nSPS) is 11.2. The lowest BCUT2D eigenvalue weighted by molar-refractivity contribution is -0.605. The molecule has 0 radical (unpaired) electrons. The summed E-state index contributed by atoms with van der Waals surface area (Å²) in [7, 11) is 0. The molecule has 0 aliphatic heterocycles. The van der Waals surface area contributed by atoms with E-state index in [1.807, 2.05) is 0 Å². The molecular formula is C22H15N3O4. The lowest BCUT2D eigenvalue weighted by atomic mass is 10.1. The minimum Gasteiger partial charge on any atom is -0.619 e. The fourth-order valence-corrected chi connectivity index (χ4v) is 3.00. The van der Waals surface area contributed by atoms with Gasteiger partial charge >= 0.3 is 5.97 Å². The number of hydrogen-bond donors (Lipinski definition) is 1. The monoisotopic (exact) mass is 385 g/mol. The van der Waals surface area contributed by atoms with Crippen molar-refractivity contribution in [3.8, 4) is 5.69 Å². The van der Waals surface area contributed by atoms with Crippen LogP contribution in [0.15, 0.2) is 77.9 Å². The van der Waals surface area contributed by atoms with Gasteiger partial charge in [-0.3, -0.25) is 9.36 Å². The van der Waals surface area contributed by atoms with Crippen LogP contribution >= 0.6 is 0 Å². The number of nitrogens with zero attached hydrogens (tertiary/aromatic N) is 3. The van der Waals surface area contributed by atoms with Gasteiger partial charge in [-0.25, -0.2) is 9.78 Å². The largest absolute Gasteiger partial charge is 0.619 e. The maximum absolute atomic E-state index is 13.2. The molecule has 7 nitrogen and oxygen atoms in total. The Kier molecular flexibility index (Phi) is 4.62. The molecular weight excluding hydrogens is 370 g/mol. The van der Waals surface area contributed by atoms with Crippen LogP contribution in [0.4, 0.5) is 0 Å². The zero-order chi connectivity index (χ0) is 20.4. The molecule has 2 aromatic heterocycles. The fourth-order valence-electron chi connectivity index (χ4n) is 3.00. The first kappa shape index (κ1) is 18.1. The molecule has 0 unspecified atom stereocenters. The third-order valence-electron chi connectivity index (χ3n) is 4.41. The highest BCUT2D eigenvalue weighted by Gasteiger charge is 2.12. The lowest BCUT2D eigenvalue weighted by Gasteiger charge is -2.12. The first-order valence-electron chi connectivity index (χ1n) is 8.75. The van der Waals surface area contributed by atoms with E-state index >= 15 is 0 Å². The van der Waals surface area contributed by atoms with Crippen LogP contribution in [0.3, 0.4) is 0 Å². The number of carbonyl (C=O) groups is 1. The average molecular weight is 385 g/mol. The molecule has 0 saturated heterocycles. The van der Waals surface area contributed by atoms with Crippen molar-refractivity contribution in [3.05, 3.63) is 106 Å². The van der Waals surface area contributed by atoms with Gasteiger partial charge in [0.05, 0.1) is 22.2 Å². The first-order chi connectivity index (χ1) is 14.0. The van der Waals surface area contributed by atoms with Gasteiger partial charge in [0.2, 0.25) is 0 Å². The van der Waals surface area contributed by atoms with Crippen LogP contribution in [0.2, 0.25) is 0 Å². The number of aromatic carboxylic acids is 1. The second kappa shape index (κ2) is 7.40. The van der Waals surface area contributed by atoms with E-state index in [1.165, 1.54) is 29.1 Å². The van der Waals surface area contributed by atoms with Gasteiger partial charge in [-0.2, -0.15) is 4.73 Å². The van der Waals surface area contributed by atoms with Crippen LogP contribution in [0.5, 0.6) is 0 Å². The van der Waals surface area contributed by atoms with Gasteiger partial charge in [0.25, 0.3) is 5.56 Å². The zero-order valence-corrected chi connectivity index (χ0v) is 15.1. The molecule has 0 atom stereocenters. The highest BCUT2D eigenvalue weighted by Crippen LogP contribution is 2.16. The summed E-state index contributed by atoms with van der Waals surface area (Å²) in [6, 6.07) is 16.4. The van der Waals surface area contributed by atoms with E-state index in [-0.39, 0.29) is 11.1 Å². The Labute approximate surface area is 165 Å². The van der Waals surface area contributed by atoms with E-state index in [4.69, 9.17) is 0 Å². The summed E-state index contributed by atoms with van der Waals surface area (Å²) in [5.41, 5.74) is 1.46. The molecule has 29 heavy (non-hydrogen) atoms. The van der Waals surface area contributed by atoms with Gasteiger partial charge in [0.15, 0.2) is 12.4 Å². The van der Waals surface area contributed by atoms with E-state index in [1.54, 1.807) is 60.7 Å². The summed E-state index contributed by atoms with van der Waals surface area (Å²) in [5, 5.41) is 20.9. The van der Waals surface area contributed by atoms with Crippen LogP contribution in [0, 0.1) is 5.21 Å². The summed E-state index contributed by atoms with van der Waals surface area (Å²) in [6.07, 6.45) is 6.13. The van der Waals surface area contributed by atoms with E-state index in [0.717, 1.165) is 5.56 Å². The number of aromatic nitrogens is 3. The second-order valence-electron chi connectivity index (χ2n) is 6.31. The third kappa shape index (κ3) is 3.61. The number of benzene rings is 2. The van der Waals surface area contributed by atoms with E-state index in [0.29, 0.717) is 27.1 Å². The predicted octanol–water partition coefficient (Wildman–Crippen LogP) is 2.89. The second-order valence-corrected chi connectivity index (χ2v) is 6.31. The van der Waals surface area contributed by atoms with Crippen molar-refractivity contribution in [1.82, 2.24) is 9.55 Å². The molecule has 4 rings (SSSR count). The fraction of sp³-hybridized carbons (Fsp3) is 0. The molecule has 0 aliphatic carbocycles. The zero-order valence-electron chi connectivity index (χ0n) is 15.1. The highest BCUT2D eigenvalue weighted by molar-refractivity contribution is 5.88. The topological polar surface area (TPSA) is 99.1 Å². The van der Waals surface area contributed by atoms with Crippen molar-refractivity contribution in [2.75, 3.05) is 0 Å². The Morgan fingerprint density at radius 2 is 1.79 bits per heavy atom. The van der Waals surface area contributed by atoms with Gasteiger partial charge < -0.3 is 10.3 Å². The summed E-state index contributed by atoms with van der Waals surface area (Å²) in [6.45, 7) is 0. The number of fused-ring (bicyclic) bond motifs is 1. The van der Waals surface area contributed by atoms with Crippen molar-refractivity contribution in [2.45, 2.75) is 0 Å². The van der Waals surface area contributed by atoms with Crippen molar-refractivity contribution in [3.63, 3.8) is 0 Å². The molecule has 2 aromatic carbocycles. The molecule has 2 heterocycles. The molecule has 0 saturated carbocycles. The maximum atomic E-state index is 13.2. The number of rotatable bonds is 4. The van der Waals surface area contributed by atoms with E-state index in [2.05, 4.69) is 4.98 Å². The molecule has 0 bridgehead atoms. The Morgan fingerprint density at radius 1 is 1.03 bits per heavy atom. The number of carboxylic acid groups (broad SMARTS) is 1. The third-order valence-corrected chi connectivity index (χ3v) is 4.41. The van der Waals surface area contributed by atoms with Gasteiger partial charge in [-0.1, -0.05) is 24.3 Å². The van der Waals surface area contributed by atoms with Crippen molar-refractivity contribution >= 4 is 29.0 Å². The van der Waals surface area contributed by atoms with Crippen LogP contribution in [-0.2, 0) is 0 Å². The smallest absolute Gasteiger partial charge is 0.335 e. The van der Waals surface area contributed by atoms with Gasteiger partial charge in [0, 0.05) is 12.1 Å². The molecule has 0 amide bonds. The number of hydrogen-bond acceptors (Lipinski definition) is 4. The molecule has 4 aromatic rings. The maximum Gasteiger partial charge on any atom is 0.335 e. The van der Waals surface area contributed by atoms with Gasteiger partial charge in [-0.05, 0) is 42.0 Å². The SMILES string of the molecule is O=C(O)c1cccc(-n2c(/C=C/c3cc[n+]([O-])cc3)nc3ccccc3c2=O)c1. The molecule has 142 valence electrons. The van der Waals surface area contributed by atoms with Gasteiger partial charge in [-0.15, -0.1) is 0 Å². The minimum absolute atomic E-state index is 0.0700. The summed E-state index contributed by atoms with van der Waals surface area (Å²) in [5.74, 6) is -0.740. The Bertz CT molecular complexity index is 1310. The summed E-state index contributed by atoms with van der Waals surface area (Å²) in [4.78, 5) is 29.1. The molecule has 1 N–H and O–H groups in total. The molecule has 0 fully saturated rings. The number of carboxylic acids is 1. The number of para-hydroxylation sites is 1. The summed E-state index contributed by atoms with van der Waals surface area (Å²) >= 11 is 0. The van der Waals surface area contributed by atoms with Crippen molar-refractivity contribution < 1.29 is 14.6 Å². The van der Waals surface area contributed by atoms with Crippen LogP contribution in [0.25, 0.3) is 28.7 Å². The van der Waals surface area contributed by atoms with E-state index in [9.17, 15) is 19.9 Å². The lowest BCUT2D eigenvalue weighted by Crippen LogP contribution is -2.23. The minimum atomic E-state index is -1.08. The Balaban J connectivity index is 1.94. The number of pyridine rings is 1. The first-order valence-corrected chi connectivity index (χ1v) is 8.75. The predicted molar refractivity (Wildman–Crippen MR) is 109 cm³/mol. The summed E-state index contributed by atoms with van der Waals surface area (Å²) < 4.78 is 2.06.